The summed E-state index contributed by atoms with van der Waals surface area (Å²) in [6, 6.07) is 15.9. The van der Waals surface area contributed by atoms with Crippen molar-refractivity contribution >= 4 is 5.91 Å². The van der Waals surface area contributed by atoms with Gasteiger partial charge in [0.25, 0.3) is 5.91 Å². The Morgan fingerprint density at radius 2 is 1.94 bits per heavy atom. The minimum absolute atomic E-state index is 0.0353. The quantitative estimate of drug-likeness (QED) is 0.622. The van der Waals surface area contributed by atoms with Crippen molar-refractivity contribution in [1.29, 1.82) is 0 Å². The van der Waals surface area contributed by atoms with Crippen molar-refractivity contribution in [3.63, 3.8) is 0 Å². The van der Waals surface area contributed by atoms with Gasteiger partial charge in [0.1, 0.15) is 5.75 Å². The molecular weight excluding hydrogens is 404 g/mol. The maximum absolute atomic E-state index is 13.6. The predicted molar refractivity (Wildman–Crippen MR) is 122 cm³/mol. The maximum atomic E-state index is 13.6. The highest BCUT2D eigenvalue weighted by Crippen LogP contribution is 2.27. The second-order valence-corrected chi connectivity index (χ2v) is 8.24. The van der Waals surface area contributed by atoms with Gasteiger partial charge in [0.2, 0.25) is 0 Å². The Labute approximate surface area is 187 Å². The molecule has 7 nitrogen and oxygen atoms in total. The fraction of sp³-hybridized carbons (Fsp3) is 0.360. The monoisotopic (exact) mass is 432 g/mol. The van der Waals surface area contributed by atoms with Gasteiger partial charge in [0, 0.05) is 50.3 Å². The molecular formula is C25H28N4O3. The van der Waals surface area contributed by atoms with Crippen LogP contribution in [0.1, 0.15) is 21.5 Å². The highest BCUT2D eigenvalue weighted by molar-refractivity contribution is 5.94. The molecule has 0 aliphatic carbocycles. The number of nitrogens with one attached hydrogen (secondary N) is 1. The number of fused-ring (bicyclic) bond motifs is 1. The van der Waals surface area contributed by atoms with Crippen LogP contribution in [0.5, 0.6) is 5.75 Å². The summed E-state index contributed by atoms with van der Waals surface area (Å²) in [5, 5.41) is 7.39. The molecule has 0 saturated carbocycles. The molecule has 1 fully saturated rings. The number of nitrogens with zero attached hydrogens (tertiary/aromatic N) is 3. The third-order valence-electron chi connectivity index (χ3n) is 6.15. The van der Waals surface area contributed by atoms with Crippen molar-refractivity contribution in [3.8, 4) is 17.0 Å². The zero-order valence-electron chi connectivity index (χ0n) is 18.1. The molecule has 0 spiro atoms. The van der Waals surface area contributed by atoms with Crippen molar-refractivity contribution in [2.24, 2.45) is 0 Å². The molecule has 166 valence electrons. The smallest absolute Gasteiger partial charge is 0.254 e. The molecule has 0 unspecified atom stereocenters. The van der Waals surface area contributed by atoms with Crippen LogP contribution in [0, 0.1) is 0 Å². The van der Waals surface area contributed by atoms with E-state index in [0.29, 0.717) is 25.3 Å². The molecule has 2 aromatic carbocycles. The molecule has 1 N–H and O–H groups in total. The first-order valence-corrected chi connectivity index (χ1v) is 11.2. The normalized spacial score (nSPS) is 15.9. The minimum Gasteiger partial charge on any atom is -0.493 e. The number of amides is 1. The van der Waals surface area contributed by atoms with Gasteiger partial charge in [-0.3, -0.25) is 14.8 Å². The lowest BCUT2D eigenvalue weighted by Gasteiger charge is -2.30. The van der Waals surface area contributed by atoms with Crippen LogP contribution in [-0.2, 0) is 17.7 Å². The maximum Gasteiger partial charge on any atom is 0.254 e. The first-order valence-electron chi connectivity index (χ1n) is 11.2. The van der Waals surface area contributed by atoms with E-state index >= 15 is 0 Å². The lowest BCUT2D eigenvalue weighted by atomic mass is 10.1. The number of aromatic amines is 1. The fourth-order valence-corrected chi connectivity index (χ4v) is 4.33. The van der Waals surface area contributed by atoms with Crippen LogP contribution in [0.25, 0.3) is 11.3 Å². The van der Waals surface area contributed by atoms with E-state index in [9.17, 15) is 4.79 Å². The van der Waals surface area contributed by atoms with Crippen LogP contribution in [0.3, 0.4) is 0 Å². The van der Waals surface area contributed by atoms with Gasteiger partial charge in [-0.05, 0) is 29.3 Å². The molecule has 1 aromatic heterocycles. The molecule has 2 aliphatic rings. The number of carbonyl (C=O) groups is 1. The Hall–Kier alpha value is -3.16. The topological polar surface area (TPSA) is 70.7 Å². The molecule has 0 radical (unpaired) electrons. The fourth-order valence-electron chi connectivity index (χ4n) is 4.33. The number of ether oxygens (including phenoxy) is 2. The van der Waals surface area contributed by atoms with Gasteiger partial charge in [-0.15, -0.1) is 0 Å². The lowest BCUT2D eigenvalue weighted by molar-refractivity contribution is 0.0320. The van der Waals surface area contributed by atoms with Crippen molar-refractivity contribution in [3.05, 3.63) is 71.4 Å². The highest BCUT2D eigenvalue weighted by Gasteiger charge is 2.22. The molecule has 7 heteroatoms. The molecule has 0 atom stereocenters. The van der Waals surface area contributed by atoms with Crippen LogP contribution in [-0.4, -0.2) is 71.9 Å². The van der Waals surface area contributed by atoms with Crippen LogP contribution in [0.15, 0.2) is 54.7 Å². The predicted octanol–water partition coefficient (Wildman–Crippen LogP) is 2.99. The summed E-state index contributed by atoms with van der Waals surface area (Å²) < 4.78 is 11.1. The Morgan fingerprint density at radius 1 is 1.09 bits per heavy atom. The third kappa shape index (κ3) is 4.54. The molecule has 1 amide bonds. The SMILES string of the molecule is O=C(c1ccc2c(c1)CCO2)N(CCN1CCOCC1)Cc1cn[nH]c1-c1ccccc1. The summed E-state index contributed by atoms with van der Waals surface area (Å²) in [6.07, 6.45) is 2.68. The van der Waals surface area contributed by atoms with Crippen molar-refractivity contribution < 1.29 is 14.3 Å². The van der Waals surface area contributed by atoms with Gasteiger partial charge in [0.15, 0.2) is 0 Å². The standard InChI is InChI=1S/C25H28N4O3/c30-25(21-6-7-23-20(16-21)8-13-32-23)29(10-9-28-11-14-31-15-12-28)18-22-17-26-27-24(22)19-4-2-1-3-5-19/h1-7,16-17H,8-15,18H2,(H,26,27). The van der Waals surface area contributed by atoms with E-state index < -0.39 is 0 Å². The number of aromatic nitrogens is 2. The second-order valence-electron chi connectivity index (χ2n) is 8.24. The van der Waals surface area contributed by atoms with Crippen LogP contribution in [0.4, 0.5) is 0 Å². The van der Waals surface area contributed by atoms with Crippen molar-refractivity contribution in [2.45, 2.75) is 13.0 Å². The number of benzene rings is 2. The molecule has 5 rings (SSSR count). The van der Waals surface area contributed by atoms with Gasteiger partial charge in [-0.25, -0.2) is 0 Å². The van der Waals surface area contributed by atoms with E-state index in [2.05, 4.69) is 27.2 Å². The van der Waals surface area contributed by atoms with E-state index in [1.54, 1.807) is 0 Å². The average Bonchev–Trinajstić information content (AvgIpc) is 3.51. The molecule has 0 bridgehead atoms. The van der Waals surface area contributed by atoms with E-state index in [1.165, 1.54) is 0 Å². The summed E-state index contributed by atoms with van der Waals surface area (Å²) >= 11 is 0. The van der Waals surface area contributed by atoms with Gasteiger partial charge in [-0.2, -0.15) is 5.10 Å². The molecule has 32 heavy (non-hydrogen) atoms. The van der Waals surface area contributed by atoms with Crippen LogP contribution in [0.2, 0.25) is 0 Å². The zero-order valence-corrected chi connectivity index (χ0v) is 18.1. The highest BCUT2D eigenvalue weighted by atomic mass is 16.5. The number of hydrogen-bond acceptors (Lipinski definition) is 5. The summed E-state index contributed by atoms with van der Waals surface area (Å²) in [4.78, 5) is 17.9. The Kier molecular flexibility index (Phi) is 6.18. The van der Waals surface area contributed by atoms with Crippen molar-refractivity contribution in [2.75, 3.05) is 46.0 Å². The molecule has 3 aromatic rings. The number of rotatable bonds is 7. The number of morpholine rings is 1. The van der Waals surface area contributed by atoms with Gasteiger partial charge < -0.3 is 14.4 Å². The number of carbonyl (C=O) groups excluding carboxylic acids is 1. The first-order chi connectivity index (χ1) is 15.8. The number of hydrogen-bond donors (Lipinski definition) is 1. The third-order valence-corrected chi connectivity index (χ3v) is 6.15. The van der Waals surface area contributed by atoms with E-state index in [1.807, 2.05) is 47.5 Å². The summed E-state index contributed by atoms with van der Waals surface area (Å²) in [6.45, 7) is 5.95. The lowest BCUT2D eigenvalue weighted by Crippen LogP contribution is -2.43. The van der Waals surface area contributed by atoms with Gasteiger partial charge in [0.05, 0.1) is 31.7 Å². The first kappa shape index (κ1) is 20.7. The summed E-state index contributed by atoms with van der Waals surface area (Å²) in [5.41, 5.74) is 4.85. The van der Waals surface area contributed by atoms with Gasteiger partial charge in [-0.1, -0.05) is 30.3 Å². The average molecular weight is 433 g/mol. The minimum atomic E-state index is 0.0353. The second kappa shape index (κ2) is 9.54. The summed E-state index contributed by atoms with van der Waals surface area (Å²) in [5.74, 6) is 0.927. The molecule has 3 heterocycles. The largest absolute Gasteiger partial charge is 0.493 e. The van der Waals surface area contributed by atoms with E-state index in [-0.39, 0.29) is 5.91 Å². The number of H-pyrrole nitrogens is 1. The molecule has 1 saturated heterocycles. The van der Waals surface area contributed by atoms with Crippen LogP contribution < -0.4 is 4.74 Å². The Balaban J connectivity index is 1.38. The van der Waals surface area contributed by atoms with Crippen LogP contribution >= 0.6 is 0 Å². The zero-order chi connectivity index (χ0) is 21.8. The van der Waals surface area contributed by atoms with E-state index in [4.69, 9.17) is 9.47 Å². The Morgan fingerprint density at radius 3 is 2.78 bits per heavy atom. The Bertz CT molecular complexity index is 1060. The van der Waals surface area contributed by atoms with E-state index in [0.717, 1.165) is 67.4 Å². The van der Waals surface area contributed by atoms with Crippen molar-refractivity contribution in [1.82, 2.24) is 20.0 Å². The molecule has 2 aliphatic heterocycles. The summed E-state index contributed by atoms with van der Waals surface area (Å²) in [7, 11) is 0. The van der Waals surface area contributed by atoms with Gasteiger partial charge >= 0.3 is 0 Å².